The van der Waals surface area contributed by atoms with Gasteiger partial charge in [0.2, 0.25) is 0 Å². The summed E-state index contributed by atoms with van der Waals surface area (Å²) in [6.07, 6.45) is -1.77. The molecule has 2 atom stereocenters. The Hall–Kier alpha value is -0.333. The number of allylic oxidation sites excluding steroid dienone is 2. The molecule has 0 spiro atoms. The topological polar surface area (TPSA) is 37.3 Å². The van der Waals surface area contributed by atoms with Crippen LogP contribution in [0.25, 0.3) is 0 Å². The predicted octanol–water partition coefficient (Wildman–Crippen LogP) is 1.29. The van der Waals surface area contributed by atoms with Gasteiger partial charge in [0.1, 0.15) is 0 Å². The van der Waals surface area contributed by atoms with Crippen LogP contribution in [-0.2, 0) is 4.79 Å². The second kappa shape index (κ2) is 3.43. The average Bonchev–Trinajstić information content (AvgIpc) is 2.62. The van der Waals surface area contributed by atoms with E-state index < -0.39 is 12.2 Å². The zero-order valence-electron chi connectivity index (χ0n) is 7.26. The van der Waals surface area contributed by atoms with Crippen LogP contribution in [0.2, 0.25) is 0 Å². The van der Waals surface area contributed by atoms with E-state index in [9.17, 15) is 13.6 Å². The molecule has 67 valence electrons. The maximum Gasteiger partial charge on any atom is 0.294 e. The van der Waals surface area contributed by atoms with Gasteiger partial charge in [-0.2, -0.15) is 0 Å². The Morgan fingerprint density at radius 1 is 1.54 bits per heavy atom. The van der Waals surface area contributed by atoms with E-state index in [1.165, 1.54) is 0 Å². The number of aliphatic hydroxyl groups is 1. The van der Waals surface area contributed by atoms with Crippen molar-refractivity contribution in [3.63, 3.8) is 0 Å². The maximum absolute atomic E-state index is 12.0. The number of hydrogen-bond donors (Lipinski definition) is 1. The summed E-state index contributed by atoms with van der Waals surface area (Å²) in [7, 11) is 0. The predicted molar refractivity (Wildman–Crippen MR) is 42.6 cm³/mol. The first-order chi connectivity index (χ1) is 5.61. The third kappa shape index (κ3) is 1.66. The molecule has 0 aromatic carbocycles. The monoisotopic (exact) mass is 181 g/mol. The third-order valence-corrected chi connectivity index (χ3v) is 2.52. The minimum atomic E-state index is -2.90. The second-order valence-electron chi connectivity index (χ2n) is 3.33. The van der Waals surface area contributed by atoms with E-state index in [1.807, 2.05) is 0 Å². The number of rotatable bonds is 1. The molecule has 0 aromatic rings. The van der Waals surface area contributed by atoms with Gasteiger partial charge in [0, 0.05) is 30.9 Å². The summed E-state index contributed by atoms with van der Waals surface area (Å²) in [5, 5.41) is 8.90. The average molecular weight is 181 g/mol. The fourth-order valence-corrected chi connectivity index (χ4v) is 1.83. The van der Waals surface area contributed by atoms with Crippen LogP contribution < -0.4 is 0 Å². The largest absolute Gasteiger partial charge is 0.506 e. The van der Waals surface area contributed by atoms with Gasteiger partial charge in [-0.25, -0.2) is 8.78 Å². The number of alkyl halides is 2. The molecule has 13 heavy (non-hydrogen) atoms. The van der Waals surface area contributed by atoms with E-state index in [0.717, 1.165) is 6.42 Å². The van der Waals surface area contributed by atoms with Gasteiger partial charge in [0.15, 0.2) is 11.5 Å². The van der Waals surface area contributed by atoms with Crippen molar-refractivity contribution in [1.29, 1.82) is 0 Å². The van der Waals surface area contributed by atoms with Crippen LogP contribution in [0.1, 0.15) is 12.8 Å². The normalized spacial score (nSPS) is 34.2. The Bertz CT molecular complexity index is 275. The molecule has 1 N–H and O–H groups in total. The van der Waals surface area contributed by atoms with Gasteiger partial charge in [-0.15, -0.1) is 0 Å². The van der Waals surface area contributed by atoms with Crippen LogP contribution >= 0.6 is 0 Å². The van der Waals surface area contributed by atoms with Crippen LogP contribution in [0, 0.1) is 11.8 Å². The zero-order chi connectivity index (χ0) is 8.88. The van der Waals surface area contributed by atoms with E-state index >= 15 is 0 Å². The van der Waals surface area contributed by atoms with Crippen molar-refractivity contribution in [3.05, 3.63) is 11.3 Å². The van der Waals surface area contributed by atoms with Crippen LogP contribution in [-0.4, -0.2) is 36.2 Å². The summed E-state index contributed by atoms with van der Waals surface area (Å²) in [4.78, 5) is 11.0. The number of carbonyl (C=O) groups excluding carboxylic acids is 1. The first-order valence-electron chi connectivity index (χ1n) is 3.85. The Morgan fingerprint density at radius 3 is 2.54 bits per heavy atom. The molecule has 5 heteroatoms. The summed E-state index contributed by atoms with van der Waals surface area (Å²) < 4.78 is 24.0. The van der Waals surface area contributed by atoms with Gasteiger partial charge >= 0.3 is 0 Å². The molecule has 2 aliphatic carbocycles. The van der Waals surface area contributed by atoms with E-state index in [2.05, 4.69) is 0 Å². The standard InChI is InChI=1S/C8H8F2O2.Li/c9-8(10)7(12)6-4-1-3(4)2-5(6)11;/h3-4,8,12H,1-2H2;. The summed E-state index contributed by atoms with van der Waals surface area (Å²) >= 11 is 0. The van der Waals surface area contributed by atoms with Crippen LogP contribution in [0.15, 0.2) is 11.3 Å². The number of fused-ring (bicyclic) bond motifs is 1. The first-order valence-corrected chi connectivity index (χ1v) is 3.85. The molecule has 0 aromatic heterocycles. The van der Waals surface area contributed by atoms with E-state index in [4.69, 9.17) is 5.11 Å². The van der Waals surface area contributed by atoms with Gasteiger partial charge in [-0.05, 0) is 18.3 Å². The summed E-state index contributed by atoms with van der Waals surface area (Å²) in [5.41, 5.74) is -0.00463. The Morgan fingerprint density at radius 2 is 2.15 bits per heavy atom. The van der Waals surface area contributed by atoms with Gasteiger partial charge in [-0.3, -0.25) is 4.79 Å². The van der Waals surface area contributed by atoms with Gasteiger partial charge in [0.05, 0.1) is 0 Å². The summed E-state index contributed by atoms with van der Waals surface area (Å²) in [6.45, 7) is 0. The third-order valence-electron chi connectivity index (χ3n) is 2.52. The number of Topliss-reactive ketones (excluding diaryl/α,β-unsaturated/α-hetero) is 1. The van der Waals surface area contributed by atoms with E-state index in [-0.39, 0.29) is 42.1 Å². The van der Waals surface area contributed by atoms with E-state index in [1.54, 1.807) is 0 Å². The van der Waals surface area contributed by atoms with Crippen molar-refractivity contribution in [2.45, 2.75) is 19.3 Å². The number of ketones is 1. The molecule has 0 amide bonds. The number of hydrogen-bond acceptors (Lipinski definition) is 2. The Balaban J connectivity index is 0.000000845. The number of carbonyl (C=O) groups is 1. The molecule has 0 heterocycles. The molecule has 2 rings (SSSR count). The van der Waals surface area contributed by atoms with Crippen molar-refractivity contribution < 1.29 is 18.7 Å². The minimum Gasteiger partial charge on any atom is -0.506 e. The summed E-state index contributed by atoms with van der Waals surface area (Å²) in [6, 6.07) is 0. The van der Waals surface area contributed by atoms with Crippen molar-refractivity contribution in [1.82, 2.24) is 0 Å². The van der Waals surface area contributed by atoms with Crippen LogP contribution in [0.3, 0.4) is 0 Å². The maximum atomic E-state index is 12.0. The molecule has 2 unspecified atom stereocenters. The van der Waals surface area contributed by atoms with Crippen molar-refractivity contribution in [2.24, 2.45) is 11.8 Å². The van der Waals surface area contributed by atoms with Gasteiger partial charge in [-0.1, -0.05) is 0 Å². The number of halogens is 2. The van der Waals surface area contributed by atoms with Gasteiger partial charge in [0.25, 0.3) is 6.43 Å². The molecule has 2 fully saturated rings. The minimum absolute atomic E-state index is 0. The quantitative estimate of drug-likeness (QED) is 0.376. The Kier molecular flexibility index (Phi) is 2.84. The molecule has 2 saturated carbocycles. The van der Waals surface area contributed by atoms with Crippen molar-refractivity contribution in [2.75, 3.05) is 0 Å². The first kappa shape index (κ1) is 10.7. The molecule has 2 nitrogen and oxygen atoms in total. The molecule has 0 aliphatic heterocycles. The smallest absolute Gasteiger partial charge is 0.294 e. The van der Waals surface area contributed by atoms with Gasteiger partial charge < -0.3 is 5.11 Å². The SMILES string of the molecule is O=C1CC2CC2C1=C(O)C(F)F.[Li]. The summed E-state index contributed by atoms with van der Waals surface area (Å²) in [5.74, 6) is -1.11. The molecule has 1 radical (unpaired) electrons. The van der Waals surface area contributed by atoms with Crippen molar-refractivity contribution in [3.8, 4) is 0 Å². The second-order valence-corrected chi connectivity index (χ2v) is 3.33. The fourth-order valence-electron chi connectivity index (χ4n) is 1.83. The fraction of sp³-hybridized carbons (Fsp3) is 0.625. The molecule has 2 aliphatic rings. The Labute approximate surface area is 86.2 Å². The molecular formula is C8H8F2LiO2. The molecule has 0 saturated heterocycles. The molecule has 0 bridgehead atoms. The number of aliphatic hydroxyl groups excluding tert-OH is 1. The van der Waals surface area contributed by atoms with Crippen LogP contribution in [0.4, 0.5) is 8.78 Å². The molecular weight excluding hydrogens is 173 g/mol. The zero-order valence-corrected chi connectivity index (χ0v) is 7.26. The van der Waals surface area contributed by atoms with Crippen LogP contribution in [0.5, 0.6) is 0 Å². The van der Waals surface area contributed by atoms with E-state index in [0.29, 0.717) is 6.42 Å². The van der Waals surface area contributed by atoms with Crippen molar-refractivity contribution >= 4 is 24.6 Å².